The van der Waals surface area contributed by atoms with Crippen LogP contribution in [-0.4, -0.2) is 32.0 Å². The zero-order valence-corrected chi connectivity index (χ0v) is 20.7. The number of benzene rings is 3. The van der Waals surface area contributed by atoms with Crippen LogP contribution < -0.4 is 5.32 Å². The summed E-state index contributed by atoms with van der Waals surface area (Å²) in [5, 5.41) is 6.95. The van der Waals surface area contributed by atoms with Crippen LogP contribution in [0.4, 0.5) is 0 Å². The van der Waals surface area contributed by atoms with Gasteiger partial charge >= 0.3 is 0 Å². The van der Waals surface area contributed by atoms with Crippen molar-refractivity contribution in [3.8, 4) is 16.8 Å². The van der Waals surface area contributed by atoms with Gasteiger partial charge in [0.1, 0.15) is 6.33 Å². The molecule has 4 heterocycles. The van der Waals surface area contributed by atoms with Crippen LogP contribution in [-0.2, 0) is 6.42 Å². The number of para-hydroxylation sites is 1. The first-order valence-corrected chi connectivity index (χ1v) is 12.9. The molecule has 0 saturated carbocycles. The van der Waals surface area contributed by atoms with Gasteiger partial charge in [-0.2, -0.15) is 0 Å². The van der Waals surface area contributed by atoms with E-state index in [0.29, 0.717) is 6.54 Å². The third-order valence-electron chi connectivity index (χ3n) is 7.72. The minimum absolute atomic E-state index is 0.655. The van der Waals surface area contributed by atoms with Gasteiger partial charge in [0.05, 0.1) is 53.2 Å². The Hall–Kier alpha value is -4.97. The van der Waals surface area contributed by atoms with E-state index in [1.54, 1.807) is 12.7 Å². The summed E-state index contributed by atoms with van der Waals surface area (Å²) in [4.78, 5) is 13.0. The Kier molecular flexibility index (Phi) is 4.61. The number of aromatic nitrogens is 4. The maximum absolute atomic E-state index is 4.44. The van der Waals surface area contributed by atoms with E-state index < -0.39 is 0 Å². The molecule has 6 nitrogen and oxygen atoms in total. The Morgan fingerprint density at radius 2 is 1.53 bits per heavy atom. The smallest absolute Gasteiger partial charge is 0.115 e. The number of aliphatic imine (C=N–C) groups is 1. The lowest BCUT2D eigenvalue weighted by molar-refractivity contribution is 0.958. The van der Waals surface area contributed by atoms with Gasteiger partial charge in [0.2, 0.25) is 0 Å². The van der Waals surface area contributed by atoms with Crippen molar-refractivity contribution in [3.63, 3.8) is 0 Å². The van der Waals surface area contributed by atoms with E-state index in [4.69, 9.17) is 0 Å². The van der Waals surface area contributed by atoms with Gasteiger partial charge in [0.15, 0.2) is 0 Å². The third-order valence-corrected chi connectivity index (χ3v) is 7.72. The lowest BCUT2D eigenvalue weighted by atomic mass is 9.97. The monoisotopic (exact) mass is 492 g/mol. The van der Waals surface area contributed by atoms with Crippen LogP contribution in [0.25, 0.3) is 61.3 Å². The number of hydrogen-bond acceptors (Lipinski definition) is 4. The number of nitrogens with one attached hydrogen (secondary N) is 1. The van der Waals surface area contributed by atoms with Gasteiger partial charge in [-0.3, -0.25) is 4.99 Å². The molecule has 6 aromatic rings. The van der Waals surface area contributed by atoms with E-state index in [0.717, 1.165) is 24.2 Å². The number of allylic oxidation sites excluding steroid dienone is 1. The van der Waals surface area contributed by atoms with Crippen molar-refractivity contribution in [2.75, 3.05) is 6.54 Å². The second-order valence-corrected chi connectivity index (χ2v) is 9.83. The van der Waals surface area contributed by atoms with Crippen molar-refractivity contribution in [1.29, 1.82) is 0 Å². The Balaban J connectivity index is 1.33. The fourth-order valence-corrected chi connectivity index (χ4v) is 6.07. The van der Waals surface area contributed by atoms with E-state index in [2.05, 4.69) is 102 Å². The SMILES string of the molecule is C1=Cc2c(c3cc(-c4ccc5c(c4)c4ccccc4n5C4=CNC=NC4)ccc3n2-c2cncnc2)CC1. The molecular weight excluding hydrogens is 468 g/mol. The predicted molar refractivity (Wildman–Crippen MR) is 155 cm³/mol. The van der Waals surface area contributed by atoms with Crippen LogP contribution >= 0.6 is 0 Å². The largest absolute Gasteiger partial charge is 0.351 e. The molecule has 2 aliphatic rings. The number of nitrogens with zero attached hydrogens (tertiary/aromatic N) is 5. The number of hydrogen-bond donors (Lipinski definition) is 1. The van der Waals surface area contributed by atoms with E-state index in [1.165, 1.54) is 55.1 Å². The summed E-state index contributed by atoms with van der Waals surface area (Å²) in [6, 6.07) is 22.3. The molecule has 3 aromatic heterocycles. The van der Waals surface area contributed by atoms with Gasteiger partial charge in [0.25, 0.3) is 0 Å². The Morgan fingerprint density at radius 1 is 0.763 bits per heavy atom. The van der Waals surface area contributed by atoms with Crippen LogP contribution in [0.5, 0.6) is 0 Å². The summed E-state index contributed by atoms with van der Waals surface area (Å²) >= 11 is 0. The zero-order valence-electron chi connectivity index (χ0n) is 20.7. The molecular formula is C32H24N6. The quantitative estimate of drug-likeness (QED) is 0.303. The molecule has 0 atom stereocenters. The number of aryl methyl sites for hydroxylation is 1. The Morgan fingerprint density at radius 3 is 2.34 bits per heavy atom. The molecule has 8 rings (SSSR count). The number of rotatable bonds is 3. The normalized spacial score (nSPS) is 14.7. The summed E-state index contributed by atoms with van der Waals surface area (Å²) in [6.45, 7) is 0.655. The summed E-state index contributed by atoms with van der Waals surface area (Å²) in [6.07, 6.45) is 15.7. The molecule has 38 heavy (non-hydrogen) atoms. The highest BCUT2D eigenvalue weighted by Gasteiger charge is 2.20. The first kappa shape index (κ1) is 21.1. The first-order valence-electron chi connectivity index (χ1n) is 12.9. The molecule has 1 aliphatic heterocycles. The minimum Gasteiger partial charge on any atom is -0.351 e. The summed E-state index contributed by atoms with van der Waals surface area (Å²) in [5.41, 5.74) is 10.8. The summed E-state index contributed by atoms with van der Waals surface area (Å²) < 4.78 is 4.61. The maximum atomic E-state index is 4.44. The van der Waals surface area contributed by atoms with E-state index >= 15 is 0 Å². The van der Waals surface area contributed by atoms with Gasteiger partial charge in [0, 0.05) is 28.1 Å². The molecule has 1 N–H and O–H groups in total. The summed E-state index contributed by atoms with van der Waals surface area (Å²) in [7, 11) is 0. The molecule has 182 valence electrons. The highest BCUT2D eigenvalue weighted by atomic mass is 15.1. The highest BCUT2D eigenvalue weighted by Crippen LogP contribution is 2.38. The van der Waals surface area contributed by atoms with E-state index in [-0.39, 0.29) is 0 Å². The second kappa shape index (κ2) is 8.28. The fraction of sp³-hybridized carbons (Fsp3) is 0.0938. The molecule has 1 aliphatic carbocycles. The Bertz CT molecular complexity index is 1970. The van der Waals surface area contributed by atoms with Crippen LogP contribution in [0.1, 0.15) is 17.7 Å². The number of fused-ring (bicyclic) bond motifs is 6. The molecule has 0 amide bonds. The van der Waals surface area contributed by atoms with Crippen LogP contribution in [0, 0.1) is 0 Å². The lowest BCUT2D eigenvalue weighted by Crippen LogP contribution is -2.13. The van der Waals surface area contributed by atoms with Crippen molar-refractivity contribution >= 4 is 50.8 Å². The molecule has 3 aromatic carbocycles. The highest BCUT2D eigenvalue weighted by molar-refractivity contribution is 6.11. The minimum atomic E-state index is 0.655. The average Bonchev–Trinajstić information content (AvgIpc) is 3.50. The van der Waals surface area contributed by atoms with Crippen LogP contribution in [0.2, 0.25) is 0 Å². The first-order chi connectivity index (χ1) is 18.9. The van der Waals surface area contributed by atoms with Crippen molar-refractivity contribution in [3.05, 3.63) is 103 Å². The van der Waals surface area contributed by atoms with Gasteiger partial charge in [-0.25, -0.2) is 9.97 Å². The lowest BCUT2D eigenvalue weighted by Gasteiger charge is -2.13. The van der Waals surface area contributed by atoms with Crippen molar-refractivity contribution in [2.24, 2.45) is 4.99 Å². The molecule has 0 bridgehead atoms. The van der Waals surface area contributed by atoms with Gasteiger partial charge in [-0.15, -0.1) is 0 Å². The van der Waals surface area contributed by atoms with Crippen LogP contribution in [0.15, 0.2) is 96.7 Å². The maximum Gasteiger partial charge on any atom is 0.115 e. The van der Waals surface area contributed by atoms with E-state index in [1.807, 2.05) is 18.6 Å². The third kappa shape index (κ3) is 3.10. The molecule has 0 saturated heterocycles. The molecule has 6 heteroatoms. The van der Waals surface area contributed by atoms with E-state index in [9.17, 15) is 0 Å². The standard InChI is InChI=1S/C32H24N6/c1-3-7-29-25(5-1)27-13-21(9-11-31(27)37(29)23-15-33-19-34-16-23)22-10-12-32-28(14-22)26-6-2-4-8-30(26)38(32)24-17-35-20-36-18-24/h1,3-5,7-15,17-20H,2,6,16H2,(H,33,34). The molecule has 0 radical (unpaired) electrons. The molecule has 0 unspecified atom stereocenters. The van der Waals surface area contributed by atoms with Crippen molar-refractivity contribution < 1.29 is 0 Å². The van der Waals surface area contributed by atoms with Crippen molar-refractivity contribution in [2.45, 2.75) is 12.8 Å². The zero-order chi connectivity index (χ0) is 25.1. The molecule has 0 spiro atoms. The topological polar surface area (TPSA) is 60.0 Å². The van der Waals surface area contributed by atoms with Gasteiger partial charge < -0.3 is 14.5 Å². The second-order valence-electron chi connectivity index (χ2n) is 9.83. The van der Waals surface area contributed by atoms with Gasteiger partial charge in [-0.1, -0.05) is 36.4 Å². The predicted octanol–water partition coefficient (Wildman–Crippen LogP) is 6.58. The Labute approximate surface area is 219 Å². The fourth-order valence-electron chi connectivity index (χ4n) is 6.07. The average molecular weight is 493 g/mol. The van der Waals surface area contributed by atoms with Crippen LogP contribution in [0.3, 0.4) is 0 Å². The van der Waals surface area contributed by atoms with Gasteiger partial charge in [-0.05, 0) is 65.9 Å². The summed E-state index contributed by atoms with van der Waals surface area (Å²) in [5.74, 6) is 0. The van der Waals surface area contributed by atoms with Crippen molar-refractivity contribution in [1.82, 2.24) is 24.4 Å². The molecule has 0 fully saturated rings.